The normalized spacial score (nSPS) is 15.2. The number of carboxylic acids is 1. The van der Waals surface area contributed by atoms with Crippen LogP contribution < -0.4 is 0 Å². The molecule has 1 atom stereocenters. The Morgan fingerprint density at radius 1 is 1.22 bits per heavy atom. The van der Waals surface area contributed by atoms with Crippen LogP contribution in [0.1, 0.15) is 44.8 Å². The van der Waals surface area contributed by atoms with Crippen LogP contribution in [0.5, 0.6) is 0 Å². The number of hydrogen-bond donors (Lipinski definition) is 1. The van der Waals surface area contributed by atoms with Gasteiger partial charge in [0.25, 0.3) is 5.91 Å². The first-order chi connectivity index (χ1) is 11.0. The minimum Gasteiger partial charge on any atom is -0.478 e. The third-order valence-electron chi connectivity index (χ3n) is 4.32. The molecule has 0 fully saturated rings. The number of benzene rings is 2. The number of rotatable bonds is 3. The standard InChI is InChI=1S/C18H16FNO3/c1-11(12-5-7-13(19)8-6-12)20-10-9-14-15(17(20)21)3-2-4-16(14)18(22)23/h2-8,11H,9-10H2,1H3,(H,22,23). The number of aromatic carboxylic acids is 1. The Morgan fingerprint density at radius 2 is 1.91 bits per heavy atom. The summed E-state index contributed by atoms with van der Waals surface area (Å²) in [4.78, 5) is 25.7. The fourth-order valence-corrected chi connectivity index (χ4v) is 3.04. The van der Waals surface area contributed by atoms with E-state index >= 15 is 0 Å². The number of hydrogen-bond acceptors (Lipinski definition) is 2. The number of carboxylic acid groups (broad SMARTS) is 1. The quantitative estimate of drug-likeness (QED) is 0.946. The van der Waals surface area contributed by atoms with E-state index in [0.717, 1.165) is 5.56 Å². The fourth-order valence-electron chi connectivity index (χ4n) is 3.04. The summed E-state index contributed by atoms with van der Waals surface area (Å²) in [7, 11) is 0. The Bertz CT molecular complexity index is 770. The molecule has 0 spiro atoms. The van der Waals surface area contributed by atoms with Gasteiger partial charge in [0.1, 0.15) is 5.82 Å². The number of carbonyl (C=O) groups excluding carboxylic acids is 1. The number of amides is 1. The van der Waals surface area contributed by atoms with E-state index in [2.05, 4.69) is 0 Å². The minimum absolute atomic E-state index is 0.185. The molecular weight excluding hydrogens is 297 g/mol. The molecule has 1 aliphatic rings. The van der Waals surface area contributed by atoms with Crippen molar-refractivity contribution in [3.63, 3.8) is 0 Å². The molecule has 3 rings (SSSR count). The molecule has 0 saturated heterocycles. The number of nitrogens with zero attached hydrogens (tertiary/aromatic N) is 1. The highest BCUT2D eigenvalue weighted by Gasteiger charge is 2.30. The van der Waals surface area contributed by atoms with Crippen LogP contribution in [0.2, 0.25) is 0 Å². The van der Waals surface area contributed by atoms with Crippen molar-refractivity contribution in [2.75, 3.05) is 6.54 Å². The molecule has 2 aromatic rings. The Kier molecular flexibility index (Phi) is 3.86. The zero-order valence-electron chi connectivity index (χ0n) is 12.6. The maximum Gasteiger partial charge on any atom is 0.335 e. The molecular formula is C18H16FNO3. The molecule has 1 aliphatic heterocycles. The highest BCUT2D eigenvalue weighted by molar-refractivity contribution is 6.01. The van der Waals surface area contributed by atoms with Crippen molar-refractivity contribution in [3.8, 4) is 0 Å². The second-order valence-corrected chi connectivity index (χ2v) is 5.61. The lowest BCUT2D eigenvalue weighted by molar-refractivity contribution is 0.0668. The van der Waals surface area contributed by atoms with Gasteiger partial charge >= 0.3 is 5.97 Å². The molecule has 0 aromatic heterocycles. The Labute approximate surface area is 133 Å². The zero-order valence-corrected chi connectivity index (χ0v) is 12.6. The van der Waals surface area contributed by atoms with Crippen molar-refractivity contribution >= 4 is 11.9 Å². The Hall–Kier alpha value is -2.69. The van der Waals surface area contributed by atoms with Crippen molar-refractivity contribution in [1.82, 2.24) is 4.90 Å². The Morgan fingerprint density at radius 3 is 2.57 bits per heavy atom. The van der Waals surface area contributed by atoms with Crippen LogP contribution in [0, 0.1) is 5.82 Å². The molecule has 0 radical (unpaired) electrons. The maximum absolute atomic E-state index is 13.1. The van der Waals surface area contributed by atoms with Crippen molar-refractivity contribution in [3.05, 3.63) is 70.5 Å². The molecule has 2 aromatic carbocycles. The third-order valence-corrected chi connectivity index (χ3v) is 4.32. The largest absolute Gasteiger partial charge is 0.478 e. The minimum atomic E-state index is -1.02. The van der Waals surface area contributed by atoms with Crippen LogP contribution in [0.4, 0.5) is 4.39 Å². The highest BCUT2D eigenvalue weighted by Crippen LogP contribution is 2.29. The van der Waals surface area contributed by atoms with Crippen LogP contribution in [-0.2, 0) is 6.42 Å². The number of fused-ring (bicyclic) bond motifs is 1. The van der Waals surface area contributed by atoms with Crippen molar-refractivity contribution < 1.29 is 19.1 Å². The average Bonchev–Trinajstić information content (AvgIpc) is 2.55. The van der Waals surface area contributed by atoms with Gasteiger partial charge in [-0.05, 0) is 48.7 Å². The van der Waals surface area contributed by atoms with E-state index in [0.29, 0.717) is 24.1 Å². The van der Waals surface area contributed by atoms with Gasteiger partial charge in [-0.1, -0.05) is 18.2 Å². The van der Waals surface area contributed by atoms with E-state index in [1.807, 2.05) is 6.92 Å². The van der Waals surface area contributed by atoms with Crippen LogP contribution in [0.25, 0.3) is 0 Å². The molecule has 0 aliphatic carbocycles. The van der Waals surface area contributed by atoms with Gasteiger partial charge in [0.05, 0.1) is 11.6 Å². The lowest BCUT2D eigenvalue weighted by Gasteiger charge is -2.34. The van der Waals surface area contributed by atoms with Gasteiger partial charge in [-0.3, -0.25) is 4.79 Å². The molecule has 4 nitrogen and oxygen atoms in total. The summed E-state index contributed by atoms with van der Waals surface area (Å²) in [6, 6.07) is 10.6. The average molecular weight is 313 g/mol. The molecule has 1 unspecified atom stereocenters. The molecule has 1 N–H and O–H groups in total. The molecule has 0 saturated carbocycles. The van der Waals surface area contributed by atoms with Crippen LogP contribution in [0.15, 0.2) is 42.5 Å². The molecule has 118 valence electrons. The summed E-state index contributed by atoms with van der Waals surface area (Å²) in [5, 5.41) is 9.25. The van der Waals surface area contributed by atoms with Gasteiger partial charge in [0.2, 0.25) is 0 Å². The second kappa shape index (κ2) is 5.83. The lowest BCUT2D eigenvalue weighted by Crippen LogP contribution is -2.40. The maximum atomic E-state index is 13.1. The summed E-state index contributed by atoms with van der Waals surface area (Å²) >= 11 is 0. The van der Waals surface area contributed by atoms with Gasteiger partial charge in [0, 0.05) is 12.1 Å². The van der Waals surface area contributed by atoms with Gasteiger partial charge in [-0.2, -0.15) is 0 Å². The SMILES string of the molecule is CC(c1ccc(F)cc1)N1CCc2c(C(=O)O)cccc2C1=O. The monoisotopic (exact) mass is 313 g/mol. The zero-order chi connectivity index (χ0) is 16.6. The topological polar surface area (TPSA) is 57.6 Å². The van der Waals surface area contributed by atoms with E-state index in [9.17, 15) is 19.1 Å². The summed E-state index contributed by atoms with van der Waals surface area (Å²) < 4.78 is 13.1. The highest BCUT2D eigenvalue weighted by atomic mass is 19.1. The van der Waals surface area contributed by atoms with Gasteiger partial charge in [-0.15, -0.1) is 0 Å². The predicted molar refractivity (Wildman–Crippen MR) is 83.0 cm³/mol. The van der Waals surface area contributed by atoms with Gasteiger partial charge < -0.3 is 10.0 Å². The molecule has 1 heterocycles. The second-order valence-electron chi connectivity index (χ2n) is 5.61. The molecule has 1 amide bonds. The third kappa shape index (κ3) is 2.70. The van der Waals surface area contributed by atoms with E-state index < -0.39 is 5.97 Å². The van der Waals surface area contributed by atoms with Gasteiger partial charge in [0.15, 0.2) is 0 Å². The lowest BCUT2D eigenvalue weighted by atomic mass is 9.92. The first kappa shape index (κ1) is 15.2. The van der Waals surface area contributed by atoms with Crippen molar-refractivity contribution in [2.24, 2.45) is 0 Å². The van der Waals surface area contributed by atoms with Gasteiger partial charge in [-0.25, -0.2) is 9.18 Å². The Balaban J connectivity index is 1.93. The van der Waals surface area contributed by atoms with E-state index in [-0.39, 0.29) is 23.3 Å². The van der Waals surface area contributed by atoms with Crippen LogP contribution >= 0.6 is 0 Å². The summed E-state index contributed by atoms with van der Waals surface area (Å²) in [6.45, 7) is 2.33. The fraction of sp³-hybridized carbons (Fsp3) is 0.222. The molecule has 23 heavy (non-hydrogen) atoms. The predicted octanol–water partition coefficient (Wildman–Crippen LogP) is 3.28. The summed E-state index contributed by atoms with van der Waals surface area (Å²) in [5.74, 6) is -1.52. The first-order valence-corrected chi connectivity index (χ1v) is 7.40. The molecule has 0 bridgehead atoms. The number of carbonyl (C=O) groups is 2. The van der Waals surface area contributed by atoms with Crippen LogP contribution in [-0.4, -0.2) is 28.4 Å². The van der Waals surface area contributed by atoms with Crippen molar-refractivity contribution in [1.29, 1.82) is 0 Å². The van der Waals surface area contributed by atoms with E-state index in [4.69, 9.17) is 0 Å². The van der Waals surface area contributed by atoms with E-state index in [1.165, 1.54) is 18.2 Å². The summed E-state index contributed by atoms with van der Waals surface area (Å²) in [6.07, 6.45) is 0.495. The summed E-state index contributed by atoms with van der Waals surface area (Å²) in [5.41, 5.74) is 2.06. The number of halogens is 1. The first-order valence-electron chi connectivity index (χ1n) is 7.40. The van der Waals surface area contributed by atoms with Crippen molar-refractivity contribution in [2.45, 2.75) is 19.4 Å². The van der Waals surface area contributed by atoms with E-state index in [1.54, 1.807) is 29.2 Å². The molecule has 5 heteroatoms. The smallest absolute Gasteiger partial charge is 0.335 e. The van der Waals surface area contributed by atoms with Crippen LogP contribution in [0.3, 0.4) is 0 Å².